The molecule has 47 heavy (non-hydrogen) atoms. The van der Waals surface area contributed by atoms with Crippen molar-refractivity contribution in [2.45, 2.75) is 19.3 Å². The first kappa shape index (κ1) is 27.5. The van der Waals surface area contributed by atoms with Crippen molar-refractivity contribution in [3.8, 4) is 27.9 Å². The minimum absolute atomic E-state index is 0.114. The highest BCUT2D eigenvalue weighted by molar-refractivity contribution is 6.17. The van der Waals surface area contributed by atoms with Crippen LogP contribution >= 0.6 is 0 Å². The van der Waals surface area contributed by atoms with Crippen molar-refractivity contribution in [3.05, 3.63) is 181 Å². The van der Waals surface area contributed by atoms with Gasteiger partial charge in [-0.3, -0.25) is 0 Å². The molecule has 8 aromatic rings. The molecule has 2 nitrogen and oxygen atoms in total. The van der Waals surface area contributed by atoms with Crippen LogP contribution in [0, 0.1) is 0 Å². The zero-order valence-electron chi connectivity index (χ0n) is 26.6. The lowest BCUT2D eigenvalue weighted by Gasteiger charge is -2.31. The average molecular weight is 603 g/mol. The fourth-order valence-corrected chi connectivity index (χ4v) is 7.78. The summed E-state index contributed by atoms with van der Waals surface area (Å²) in [6, 6.07) is 61.9. The fraction of sp³-hybridized carbons (Fsp3) is 0.0667. The molecule has 0 bridgehead atoms. The second-order valence-electron chi connectivity index (χ2n) is 13.0. The Balaban J connectivity index is 1.43. The number of hydrogen-bond acceptors (Lipinski definition) is 1. The summed E-state index contributed by atoms with van der Waals surface area (Å²) in [5.74, 6) is 0. The SMILES string of the molecule is CC1(C)c2ccccc2-c2ccc(N(c3ccccc3)c3c(-c4ccccc4)ccc4c5ccccc5n(-c5ccccc5)c34)cc21. The summed E-state index contributed by atoms with van der Waals surface area (Å²) in [6.45, 7) is 4.72. The van der Waals surface area contributed by atoms with Crippen LogP contribution in [0.3, 0.4) is 0 Å². The van der Waals surface area contributed by atoms with Gasteiger partial charge >= 0.3 is 0 Å². The Labute approximate surface area is 275 Å². The van der Waals surface area contributed by atoms with Gasteiger partial charge in [-0.15, -0.1) is 0 Å². The number of rotatable bonds is 5. The van der Waals surface area contributed by atoms with E-state index in [9.17, 15) is 0 Å². The third-order valence-electron chi connectivity index (χ3n) is 9.97. The lowest BCUT2D eigenvalue weighted by Crippen LogP contribution is -2.17. The molecule has 0 aliphatic heterocycles. The Bertz CT molecular complexity index is 2420. The molecule has 224 valence electrons. The van der Waals surface area contributed by atoms with Crippen molar-refractivity contribution < 1.29 is 0 Å². The Kier molecular flexibility index (Phi) is 6.20. The average Bonchev–Trinajstić information content (AvgIpc) is 3.59. The maximum Gasteiger partial charge on any atom is 0.0788 e. The van der Waals surface area contributed by atoms with Gasteiger partial charge in [0.2, 0.25) is 0 Å². The molecule has 0 amide bonds. The summed E-state index contributed by atoms with van der Waals surface area (Å²) in [6.07, 6.45) is 0. The Morgan fingerprint density at radius 1 is 0.468 bits per heavy atom. The van der Waals surface area contributed by atoms with Crippen molar-refractivity contribution in [2.24, 2.45) is 0 Å². The standard InChI is InChI=1S/C45H34N2/c1-45(2)40-24-14-12-22-36(40)37-27-26-34(30-41(37)45)46(32-18-8-4-9-19-32)43-35(31-16-6-3-7-17-31)28-29-39-38-23-13-15-25-42(38)47(44(39)43)33-20-10-5-11-21-33/h3-30H,1-2H3. The molecule has 0 saturated carbocycles. The zero-order valence-corrected chi connectivity index (χ0v) is 26.6. The number of aromatic nitrogens is 1. The van der Waals surface area contributed by atoms with Gasteiger partial charge in [0, 0.05) is 38.8 Å². The Morgan fingerprint density at radius 3 is 1.87 bits per heavy atom. The first-order valence-electron chi connectivity index (χ1n) is 16.4. The third-order valence-corrected chi connectivity index (χ3v) is 9.97. The highest BCUT2D eigenvalue weighted by atomic mass is 15.2. The van der Waals surface area contributed by atoms with Crippen LogP contribution in [0.25, 0.3) is 49.7 Å². The molecule has 1 aliphatic rings. The van der Waals surface area contributed by atoms with Crippen LogP contribution in [0.5, 0.6) is 0 Å². The lowest BCUT2D eigenvalue weighted by molar-refractivity contribution is 0.660. The summed E-state index contributed by atoms with van der Waals surface area (Å²) < 4.78 is 2.45. The molecule has 0 radical (unpaired) electrons. The minimum atomic E-state index is -0.114. The topological polar surface area (TPSA) is 8.17 Å². The van der Waals surface area contributed by atoms with Gasteiger partial charge in [-0.05, 0) is 70.3 Å². The number of fused-ring (bicyclic) bond motifs is 6. The maximum absolute atomic E-state index is 2.49. The van der Waals surface area contributed by atoms with Crippen LogP contribution in [-0.4, -0.2) is 4.57 Å². The predicted octanol–water partition coefficient (Wildman–Crippen LogP) is 12.2. The summed E-state index contributed by atoms with van der Waals surface area (Å²) >= 11 is 0. The molecule has 1 aromatic heterocycles. The molecule has 0 unspecified atom stereocenters. The van der Waals surface area contributed by atoms with E-state index in [1.54, 1.807) is 0 Å². The fourth-order valence-electron chi connectivity index (χ4n) is 7.78. The molecule has 0 N–H and O–H groups in total. The summed E-state index contributed by atoms with van der Waals surface area (Å²) in [7, 11) is 0. The van der Waals surface area contributed by atoms with E-state index in [2.05, 4.69) is 193 Å². The molecule has 0 saturated heterocycles. The quantitative estimate of drug-likeness (QED) is 0.190. The van der Waals surface area contributed by atoms with E-state index in [1.807, 2.05) is 0 Å². The summed E-state index contributed by atoms with van der Waals surface area (Å²) in [4.78, 5) is 2.49. The van der Waals surface area contributed by atoms with E-state index in [0.29, 0.717) is 0 Å². The smallest absolute Gasteiger partial charge is 0.0788 e. The molecule has 2 heteroatoms. The minimum Gasteiger partial charge on any atom is -0.308 e. The predicted molar refractivity (Wildman–Crippen MR) is 198 cm³/mol. The lowest BCUT2D eigenvalue weighted by atomic mass is 9.82. The van der Waals surface area contributed by atoms with Gasteiger partial charge in [-0.1, -0.05) is 141 Å². The van der Waals surface area contributed by atoms with Gasteiger partial charge in [0.05, 0.1) is 16.7 Å². The molecule has 1 aliphatic carbocycles. The van der Waals surface area contributed by atoms with Gasteiger partial charge in [0.25, 0.3) is 0 Å². The van der Waals surface area contributed by atoms with Gasteiger partial charge in [0.1, 0.15) is 0 Å². The molecule has 0 spiro atoms. The van der Waals surface area contributed by atoms with Crippen LogP contribution in [0.2, 0.25) is 0 Å². The van der Waals surface area contributed by atoms with Crippen molar-refractivity contribution in [3.63, 3.8) is 0 Å². The number of nitrogens with zero attached hydrogens (tertiary/aromatic N) is 2. The molecule has 1 heterocycles. The molecule has 0 atom stereocenters. The van der Waals surface area contributed by atoms with Crippen LogP contribution in [0.4, 0.5) is 17.1 Å². The molecular formula is C45H34N2. The highest BCUT2D eigenvalue weighted by Crippen LogP contribution is 2.53. The van der Waals surface area contributed by atoms with E-state index < -0.39 is 0 Å². The number of para-hydroxylation sites is 3. The second kappa shape index (κ2) is 10.6. The van der Waals surface area contributed by atoms with Crippen molar-refractivity contribution in [1.82, 2.24) is 4.57 Å². The van der Waals surface area contributed by atoms with E-state index in [1.165, 1.54) is 55.2 Å². The first-order chi connectivity index (χ1) is 23.1. The van der Waals surface area contributed by atoms with Crippen molar-refractivity contribution >= 4 is 38.9 Å². The number of benzene rings is 7. The Hall–Kier alpha value is -5.86. The summed E-state index contributed by atoms with van der Waals surface area (Å²) in [5.41, 5.74) is 14.6. The van der Waals surface area contributed by atoms with Crippen LogP contribution in [-0.2, 0) is 5.41 Å². The first-order valence-corrected chi connectivity index (χ1v) is 16.4. The highest BCUT2D eigenvalue weighted by Gasteiger charge is 2.36. The van der Waals surface area contributed by atoms with E-state index in [4.69, 9.17) is 0 Å². The number of hydrogen-bond donors (Lipinski definition) is 0. The van der Waals surface area contributed by atoms with Gasteiger partial charge < -0.3 is 9.47 Å². The van der Waals surface area contributed by atoms with Gasteiger partial charge in [-0.25, -0.2) is 0 Å². The van der Waals surface area contributed by atoms with Crippen molar-refractivity contribution in [1.29, 1.82) is 0 Å². The van der Waals surface area contributed by atoms with Crippen LogP contribution in [0.1, 0.15) is 25.0 Å². The molecule has 9 rings (SSSR count). The third kappa shape index (κ3) is 4.18. The Morgan fingerprint density at radius 2 is 1.09 bits per heavy atom. The normalized spacial score (nSPS) is 13.1. The number of anilines is 3. The molecule has 0 fully saturated rings. The largest absolute Gasteiger partial charge is 0.308 e. The monoisotopic (exact) mass is 602 g/mol. The summed E-state index contributed by atoms with van der Waals surface area (Å²) in [5, 5.41) is 2.47. The second-order valence-corrected chi connectivity index (χ2v) is 13.0. The van der Waals surface area contributed by atoms with Crippen LogP contribution in [0.15, 0.2) is 170 Å². The van der Waals surface area contributed by atoms with Crippen molar-refractivity contribution in [2.75, 3.05) is 4.90 Å². The zero-order chi connectivity index (χ0) is 31.5. The molecule has 7 aromatic carbocycles. The van der Waals surface area contributed by atoms with E-state index in [0.717, 1.165) is 22.7 Å². The van der Waals surface area contributed by atoms with E-state index in [-0.39, 0.29) is 5.41 Å². The maximum atomic E-state index is 2.49. The van der Waals surface area contributed by atoms with Crippen LogP contribution < -0.4 is 4.90 Å². The van der Waals surface area contributed by atoms with Gasteiger partial charge in [-0.2, -0.15) is 0 Å². The van der Waals surface area contributed by atoms with Gasteiger partial charge in [0.15, 0.2) is 0 Å². The molecular weight excluding hydrogens is 569 g/mol. The van der Waals surface area contributed by atoms with E-state index >= 15 is 0 Å².